The predicted octanol–water partition coefficient (Wildman–Crippen LogP) is 6.78. The minimum atomic E-state index is -0.891. The van der Waals surface area contributed by atoms with Crippen LogP contribution in [-0.4, -0.2) is 64.6 Å². The number of nitrogens with zero attached hydrogens (tertiary/aromatic N) is 2. The van der Waals surface area contributed by atoms with E-state index in [2.05, 4.69) is 15.9 Å². The Morgan fingerprint density at radius 1 is 0.562 bits per heavy atom. The van der Waals surface area contributed by atoms with Crippen molar-refractivity contribution in [3.63, 3.8) is 0 Å². The van der Waals surface area contributed by atoms with Gasteiger partial charge in [-0.1, -0.05) is 22.0 Å². The molecule has 3 saturated heterocycles. The zero-order valence-electron chi connectivity index (χ0n) is 29.3. The molecule has 3 aliphatic rings. The third-order valence-electron chi connectivity index (χ3n) is 9.57. The molecule has 0 radical (unpaired) electrons. The molecule has 18 heteroatoms. The fourth-order valence-electron chi connectivity index (χ4n) is 4.43. The van der Waals surface area contributed by atoms with Gasteiger partial charge in [0.05, 0.1) is 43.5 Å². The van der Waals surface area contributed by atoms with Gasteiger partial charge in [-0.05, 0) is 107 Å². The first-order valence-corrected chi connectivity index (χ1v) is 16.0. The second kappa shape index (κ2) is 13.7. The van der Waals surface area contributed by atoms with E-state index in [1.54, 1.807) is 0 Å². The van der Waals surface area contributed by atoms with Crippen molar-refractivity contribution in [1.82, 2.24) is 0 Å². The Hall–Kier alpha value is -2.47. The first-order valence-electron chi connectivity index (χ1n) is 15.2. The first-order chi connectivity index (χ1) is 21.6. The highest BCUT2D eigenvalue weighted by atomic mass is 79.9. The van der Waals surface area contributed by atoms with Crippen molar-refractivity contribution in [1.29, 1.82) is 0 Å². The van der Waals surface area contributed by atoms with E-state index in [4.69, 9.17) is 27.9 Å². The highest BCUT2D eigenvalue weighted by Crippen LogP contribution is 2.43. The summed E-state index contributed by atoms with van der Waals surface area (Å²) in [5.74, 6) is -1.72. The molecule has 0 spiro atoms. The Bertz CT molecular complexity index is 1460. The van der Waals surface area contributed by atoms with Gasteiger partial charge in [0.2, 0.25) is 5.82 Å². The van der Waals surface area contributed by atoms with Gasteiger partial charge in [-0.3, -0.25) is 20.2 Å². The van der Waals surface area contributed by atoms with Gasteiger partial charge < -0.3 is 27.9 Å². The van der Waals surface area contributed by atoms with Crippen LogP contribution in [0.25, 0.3) is 0 Å². The van der Waals surface area contributed by atoms with Crippen LogP contribution >= 0.6 is 15.9 Å². The Kier molecular flexibility index (Phi) is 11.4. The minimum Gasteiger partial charge on any atom is -0.405 e. The molecule has 3 aliphatic heterocycles. The van der Waals surface area contributed by atoms with E-state index in [-0.39, 0.29) is 22.4 Å². The Morgan fingerprint density at radius 2 is 0.875 bits per heavy atom. The molecule has 262 valence electrons. The summed E-state index contributed by atoms with van der Waals surface area (Å²) in [6, 6.07) is 7.23. The molecular formula is C30H42B3BrF2N2O10. The third-order valence-corrected chi connectivity index (χ3v) is 10.1. The largest absolute Gasteiger partial charge is 0.494 e. The van der Waals surface area contributed by atoms with Gasteiger partial charge in [-0.25, -0.2) is 0 Å². The maximum absolute atomic E-state index is 13.6. The number of nitro benzene ring substituents is 2. The molecule has 12 nitrogen and oxygen atoms in total. The lowest BCUT2D eigenvalue weighted by molar-refractivity contribution is -0.387. The van der Waals surface area contributed by atoms with Crippen molar-refractivity contribution in [2.24, 2.45) is 0 Å². The fourth-order valence-corrected chi connectivity index (χ4v) is 4.76. The SMILES string of the molecule is CC1(C)OB(B2OC(C)(C)C(C)(C)O2)OC1(C)C.CC1(C)OB(c2ccc([N+](=O)[O-])c(F)c2)OC1(C)C.O=[N+]([O-])c1ccc(Br)cc1F. The molecule has 3 fully saturated rings. The van der Waals surface area contributed by atoms with Crippen LogP contribution in [0.5, 0.6) is 0 Å². The Balaban J connectivity index is 0.000000203. The van der Waals surface area contributed by atoms with Crippen LogP contribution < -0.4 is 5.46 Å². The highest BCUT2D eigenvalue weighted by Gasteiger charge is 2.63. The summed E-state index contributed by atoms with van der Waals surface area (Å²) in [5.41, 5.74) is -3.13. The number of hydrogen-bond acceptors (Lipinski definition) is 10. The van der Waals surface area contributed by atoms with Crippen molar-refractivity contribution >= 4 is 53.9 Å². The van der Waals surface area contributed by atoms with Crippen molar-refractivity contribution < 1.29 is 46.6 Å². The molecular weight excluding hydrogens is 699 g/mol. The molecule has 2 aromatic carbocycles. The van der Waals surface area contributed by atoms with Crippen molar-refractivity contribution in [2.75, 3.05) is 0 Å². The molecule has 0 amide bonds. The van der Waals surface area contributed by atoms with Gasteiger partial charge in [-0.2, -0.15) is 8.78 Å². The summed E-state index contributed by atoms with van der Waals surface area (Å²) in [4.78, 5) is 19.1. The average molecular weight is 741 g/mol. The summed E-state index contributed by atoms with van der Waals surface area (Å²) in [6.07, 6.45) is 0. The first kappa shape index (κ1) is 40.0. The molecule has 0 unspecified atom stereocenters. The molecule has 0 bridgehead atoms. The maximum Gasteiger partial charge on any atom is 0.494 e. The van der Waals surface area contributed by atoms with Crippen LogP contribution in [0.3, 0.4) is 0 Å². The van der Waals surface area contributed by atoms with Gasteiger partial charge in [0, 0.05) is 16.6 Å². The molecule has 48 heavy (non-hydrogen) atoms. The van der Waals surface area contributed by atoms with Crippen LogP contribution in [0.4, 0.5) is 20.2 Å². The smallest absolute Gasteiger partial charge is 0.405 e. The van der Waals surface area contributed by atoms with Crippen LogP contribution in [0.1, 0.15) is 83.1 Å². The van der Waals surface area contributed by atoms with E-state index in [1.165, 1.54) is 12.1 Å². The summed E-state index contributed by atoms with van der Waals surface area (Å²) >= 11 is 2.98. The third kappa shape index (κ3) is 8.45. The zero-order valence-corrected chi connectivity index (χ0v) is 30.9. The highest BCUT2D eigenvalue weighted by molar-refractivity contribution is 9.10. The van der Waals surface area contributed by atoms with Gasteiger partial charge in [-0.15, -0.1) is 0 Å². The standard InChI is InChI=1S/C12H24B2O4.C12H15BFNO4.C6H3BrFNO2/c1-9(2)10(3,4)16-13(15-9)14-17-11(5,6)12(7,8)18-14;1-11(2)12(3,4)19-13(18-11)8-5-6-10(15(16)17)9(14)7-8;7-4-1-2-6(9(10)11)5(8)3-4/h1-8H3;5-7H,1-4H3;1-3H. The van der Waals surface area contributed by atoms with E-state index in [1.807, 2.05) is 83.1 Å². The molecule has 0 N–H and O–H groups in total. The minimum absolute atomic E-state index is 0.360. The predicted molar refractivity (Wildman–Crippen MR) is 182 cm³/mol. The Labute approximate surface area is 289 Å². The van der Waals surface area contributed by atoms with E-state index >= 15 is 0 Å². The Morgan fingerprint density at radius 3 is 1.19 bits per heavy atom. The topological polar surface area (TPSA) is 142 Å². The molecule has 2 aromatic rings. The quantitative estimate of drug-likeness (QED) is 0.187. The van der Waals surface area contributed by atoms with Crippen LogP contribution in [0.15, 0.2) is 40.9 Å². The van der Waals surface area contributed by atoms with Crippen LogP contribution in [-0.2, 0) is 27.9 Å². The lowest BCUT2D eigenvalue weighted by atomic mass is 9.49. The van der Waals surface area contributed by atoms with Crippen molar-refractivity contribution in [2.45, 2.75) is 117 Å². The number of hydrogen-bond donors (Lipinski definition) is 0. The fraction of sp³-hybridized carbons (Fsp3) is 0.600. The number of nitro groups is 2. The molecule has 0 saturated carbocycles. The van der Waals surface area contributed by atoms with Crippen molar-refractivity contribution in [3.05, 3.63) is 72.7 Å². The van der Waals surface area contributed by atoms with E-state index in [0.717, 1.165) is 24.3 Å². The second-order valence-electron chi connectivity index (χ2n) is 14.7. The average Bonchev–Trinajstić information content (AvgIpc) is 3.38. The molecule has 0 aromatic heterocycles. The second-order valence-corrected chi connectivity index (χ2v) is 15.6. The van der Waals surface area contributed by atoms with Crippen LogP contribution in [0.2, 0.25) is 0 Å². The van der Waals surface area contributed by atoms with E-state index in [9.17, 15) is 29.0 Å². The maximum atomic E-state index is 13.6. The van der Waals surface area contributed by atoms with Gasteiger partial charge in [0.1, 0.15) is 0 Å². The van der Waals surface area contributed by atoms with Crippen LogP contribution in [0, 0.1) is 31.9 Å². The lowest BCUT2D eigenvalue weighted by Gasteiger charge is -2.32. The summed E-state index contributed by atoms with van der Waals surface area (Å²) in [6.45, 7) is 23.7. The van der Waals surface area contributed by atoms with Gasteiger partial charge in [0.15, 0.2) is 5.82 Å². The van der Waals surface area contributed by atoms with E-state index in [0.29, 0.717) is 9.94 Å². The number of halogens is 3. The monoisotopic (exact) mass is 740 g/mol. The molecule has 0 atom stereocenters. The lowest BCUT2D eigenvalue weighted by Crippen LogP contribution is -2.41. The molecule has 5 rings (SSSR count). The molecule has 3 heterocycles. The summed E-state index contributed by atoms with van der Waals surface area (Å²) < 4.78 is 62.0. The summed E-state index contributed by atoms with van der Waals surface area (Å²) in [7, 11) is -1.67. The zero-order chi connectivity index (χ0) is 36.8. The van der Waals surface area contributed by atoms with Crippen molar-refractivity contribution in [3.8, 4) is 0 Å². The normalized spacial score (nSPS) is 22.4. The number of benzene rings is 2. The number of rotatable bonds is 4. The van der Waals surface area contributed by atoms with E-state index < -0.39 is 65.2 Å². The molecule has 0 aliphatic carbocycles. The van der Waals surface area contributed by atoms with Gasteiger partial charge in [0.25, 0.3) is 0 Å². The summed E-state index contributed by atoms with van der Waals surface area (Å²) in [5, 5.41) is 20.6. The van der Waals surface area contributed by atoms with Gasteiger partial charge >= 0.3 is 32.5 Å².